The van der Waals surface area contributed by atoms with E-state index in [0.29, 0.717) is 5.75 Å². The Balaban J connectivity index is 1.30. The summed E-state index contributed by atoms with van der Waals surface area (Å²) in [6.45, 7) is 2.02. The topological polar surface area (TPSA) is 54.9 Å². The van der Waals surface area contributed by atoms with Crippen LogP contribution in [0.2, 0.25) is 0 Å². The Hall–Kier alpha value is -2.35. The van der Waals surface area contributed by atoms with Crippen LogP contribution >= 0.6 is 34.9 Å². The van der Waals surface area contributed by atoms with Gasteiger partial charge in [0.1, 0.15) is 0 Å². The summed E-state index contributed by atoms with van der Waals surface area (Å²) < 4.78 is 1.73. The lowest BCUT2D eigenvalue weighted by molar-refractivity contribution is -0.113. The second kappa shape index (κ2) is 9.43. The Morgan fingerprint density at radius 1 is 0.931 bits per heavy atom. The van der Waals surface area contributed by atoms with Crippen LogP contribution in [0, 0.1) is 6.92 Å². The first-order valence-electron chi connectivity index (χ1n) is 9.10. The lowest BCUT2D eigenvalue weighted by Crippen LogP contribution is -2.13. The van der Waals surface area contributed by atoms with Gasteiger partial charge in [-0.3, -0.25) is 4.79 Å². The van der Waals surface area contributed by atoms with Crippen molar-refractivity contribution < 1.29 is 4.79 Å². The van der Waals surface area contributed by atoms with Crippen LogP contribution in [-0.2, 0) is 10.5 Å². The molecule has 1 aromatic heterocycles. The third-order valence-electron chi connectivity index (χ3n) is 4.28. The Morgan fingerprint density at radius 3 is 2.48 bits per heavy atom. The molecule has 4 aromatic rings. The zero-order chi connectivity index (χ0) is 20.1. The summed E-state index contributed by atoms with van der Waals surface area (Å²) >= 11 is 4.63. The number of anilines is 1. The first-order chi connectivity index (χ1) is 14.2. The predicted octanol–water partition coefficient (Wildman–Crippen LogP) is 6.02. The van der Waals surface area contributed by atoms with Crippen molar-refractivity contribution >= 4 is 57.2 Å². The Kier molecular flexibility index (Phi) is 6.49. The van der Waals surface area contributed by atoms with E-state index in [0.717, 1.165) is 20.1 Å². The second-order valence-electron chi connectivity index (χ2n) is 6.46. The smallest absolute Gasteiger partial charge is 0.234 e. The molecule has 0 unspecified atom stereocenters. The van der Waals surface area contributed by atoms with Gasteiger partial charge < -0.3 is 5.32 Å². The largest absolute Gasteiger partial charge is 0.325 e. The van der Waals surface area contributed by atoms with Crippen molar-refractivity contribution in [3.05, 3.63) is 77.9 Å². The molecule has 0 radical (unpaired) electrons. The molecular weight excluding hydrogens is 418 g/mol. The Labute approximate surface area is 182 Å². The molecule has 0 bridgehead atoms. The average molecular weight is 438 g/mol. The first-order valence-corrected chi connectivity index (χ1v) is 11.9. The van der Waals surface area contributed by atoms with E-state index < -0.39 is 0 Å². The number of benzene rings is 3. The number of nitrogens with zero attached hydrogens (tertiary/aromatic N) is 2. The van der Waals surface area contributed by atoms with Crippen LogP contribution in [0.5, 0.6) is 0 Å². The molecule has 1 amide bonds. The first kappa shape index (κ1) is 19.9. The number of thioether (sulfide) groups is 2. The van der Waals surface area contributed by atoms with Crippen LogP contribution in [0.4, 0.5) is 5.69 Å². The van der Waals surface area contributed by atoms with Crippen LogP contribution < -0.4 is 5.32 Å². The molecule has 0 aliphatic rings. The predicted molar refractivity (Wildman–Crippen MR) is 124 cm³/mol. The van der Waals surface area contributed by atoms with Crippen molar-refractivity contribution in [3.63, 3.8) is 0 Å². The van der Waals surface area contributed by atoms with E-state index in [1.807, 2.05) is 31.2 Å². The minimum Gasteiger partial charge on any atom is -0.325 e. The fourth-order valence-electron chi connectivity index (χ4n) is 2.83. The standard InChI is InChI=1S/C22H19N3OS3/c1-15-9-11-18(12-10-15)23-20(26)14-28-22-25-24-21(29-22)27-13-17-7-4-6-16-5-2-3-8-19(16)17/h2-12H,13-14H2,1H3,(H,23,26). The van der Waals surface area contributed by atoms with E-state index in [1.165, 1.54) is 45.0 Å². The van der Waals surface area contributed by atoms with Crippen molar-refractivity contribution in [2.45, 2.75) is 21.4 Å². The van der Waals surface area contributed by atoms with Crippen molar-refractivity contribution in [3.8, 4) is 0 Å². The molecule has 146 valence electrons. The molecule has 0 spiro atoms. The highest BCUT2D eigenvalue weighted by atomic mass is 32.2. The lowest BCUT2D eigenvalue weighted by Gasteiger charge is -2.04. The molecule has 3 aromatic carbocycles. The second-order valence-corrected chi connectivity index (χ2v) is 9.89. The molecule has 0 saturated heterocycles. The molecule has 29 heavy (non-hydrogen) atoms. The molecule has 4 rings (SSSR count). The molecule has 7 heteroatoms. The summed E-state index contributed by atoms with van der Waals surface area (Å²) in [5.74, 6) is 1.12. The zero-order valence-electron chi connectivity index (χ0n) is 15.8. The molecule has 4 nitrogen and oxygen atoms in total. The maximum atomic E-state index is 12.1. The zero-order valence-corrected chi connectivity index (χ0v) is 18.2. The number of nitrogens with one attached hydrogen (secondary N) is 1. The van der Waals surface area contributed by atoms with Crippen LogP contribution in [-0.4, -0.2) is 21.9 Å². The molecule has 1 heterocycles. The minimum absolute atomic E-state index is 0.0426. The van der Waals surface area contributed by atoms with Gasteiger partial charge in [0.2, 0.25) is 5.91 Å². The van der Waals surface area contributed by atoms with Gasteiger partial charge in [0.15, 0.2) is 8.68 Å². The molecule has 0 saturated carbocycles. The maximum absolute atomic E-state index is 12.1. The fourth-order valence-corrected chi connectivity index (χ4v) is 5.66. The minimum atomic E-state index is -0.0426. The van der Waals surface area contributed by atoms with Crippen molar-refractivity contribution in [1.29, 1.82) is 0 Å². The number of rotatable bonds is 7. The van der Waals surface area contributed by atoms with E-state index in [2.05, 4.69) is 58.0 Å². The summed E-state index contributed by atoms with van der Waals surface area (Å²) in [5, 5.41) is 13.9. The van der Waals surface area contributed by atoms with E-state index in [-0.39, 0.29) is 5.91 Å². The van der Waals surface area contributed by atoms with E-state index >= 15 is 0 Å². The van der Waals surface area contributed by atoms with E-state index in [1.54, 1.807) is 11.8 Å². The Bertz CT molecular complexity index is 1120. The fraction of sp³-hybridized carbons (Fsp3) is 0.136. The van der Waals surface area contributed by atoms with E-state index in [9.17, 15) is 4.79 Å². The number of carbonyl (C=O) groups is 1. The van der Waals surface area contributed by atoms with Gasteiger partial charge in [-0.15, -0.1) is 10.2 Å². The molecule has 0 aliphatic carbocycles. The number of hydrogen-bond donors (Lipinski definition) is 1. The van der Waals surface area contributed by atoms with Gasteiger partial charge in [0, 0.05) is 11.4 Å². The number of hydrogen-bond acceptors (Lipinski definition) is 6. The average Bonchev–Trinajstić information content (AvgIpc) is 3.20. The Morgan fingerprint density at radius 2 is 1.66 bits per heavy atom. The summed E-state index contributed by atoms with van der Waals surface area (Å²) in [5.41, 5.74) is 3.26. The van der Waals surface area contributed by atoms with Crippen LogP contribution in [0.1, 0.15) is 11.1 Å². The van der Waals surface area contributed by atoms with Gasteiger partial charge in [-0.1, -0.05) is 95.0 Å². The van der Waals surface area contributed by atoms with Crippen LogP contribution in [0.15, 0.2) is 75.4 Å². The summed E-state index contributed by atoms with van der Waals surface area (Å²) in [6.07, 6.45) is 0. The monoisotopic (exact) mass is 437 g/mol. The summed E-state index contributed by atoms with van der Waals surface area (Å²) in [4.78, 5) is 12.1. The van der Waals surface area contributed by atoms with E-state index in [4.69, 9.17) is 0 Å². The summed E-state index contributed by atoms with van der Waals surface area (Å²) in [6, 6.07) is 22.6. The van der Waals surface area contributed by atoms with Crippen molar-refractivity contribution in [2.24, 2.45) is 0 Å². The van der Waals surface area contributed by atoms with Gasteiger partial charge in [-0.05, 0) is 35.4 Å². The van der Waals surface area contributed by atoms with Gasteiger partial charge >= 0.3 is 0 Å². The highest BCUT2D eigenvalue weighted by Gasteiger charge is 2.10. The van der Waals surface area contributed by atoms with Crippen molar-refractivity contribution in [2.75, 3.05) is 11.1 Å². The molecule has 0 fully saturated rings. The molecule has 1 N–H and O–H groups in total. The number of amides is 1. The van der Waals surface area contributed by atoms with Crippen LogP contribution in [0.3, 0.4) is 0 Å². The SMILES string of the molecule is Cc1ccc(NC(=O)CSc2nnc(SCc3cccc4ccccc34)s2)cc1. The number of carbonyl (C=O) groups excluding carboxylic acids is 1. The third-order valence-corrected chi connectivity index (χ3v) is 7.52. The lowest BCUT2D eigenvalue weighted by atomic mass is 10.1. The summed E-state index contributed by atoms with van der Waals surface area (Å²) in [7, 11) is 0. The normalized spacial score (nSPS) is 10.9. The van der Waals surface area contributed by atoms with Crippen molar-refractivity contribution in [1.82, 2.24) is 10.2 Å². The van der Waals surface area contributed by atoms with Crippen LogP contribution in [0.25, 0.3) is 10.8 Å². The molecular formula is C22H19N3OS3. The number of aromatic nitrogens is 2. The number of aryl methyl sites for hydroxylation is 1. The highest BCUT2D eigenvalue weighted by molar-refractivity contribution is 8.03. The quantitative estimate of drug-likeness (QED) is 0.358. The third kappa shape index (κ3) is 5.38. The van der Waals surface area contributed by atoms with Gasteiger partial charge in [0.05, 0.1) is 5.75 Å². The molecule has 0 aliphatic heterocycles. The maximum Gasteiger partial charge on any atom is 0.234 e. The highest BCUT2D eigenvalue weighted by Crippen LogP contribution is 2.32. The number of fused-ring (bicyclic) bond motifs is 1. The van der Waals surface area contributed by atoms with Gasteiger partial charge in [-0.2, -0.15) is 0 Å². The molecule has 0 atom stereocenters. The van der Waals surface area contributed by atoms with Gasteiger partial charge in [0.25, 0.3) is 0 Å². The van der Waals surface area contributed by atoms with Gasteiger partial charge in [-0.25, -0.2) is 0 Å².